The van der Waals surface area contributed by atoms with Gasteiger partial charge < -0.3 is 19.6 Å². The number of amides is 1. The van der Waals surface area contributed by atoms with Gasteiger partial charge in [0.1, 0.15) is 0 Å². The molecule has 2 aromatic rings. The van der Waals surface area contributed by atoms with Crippen LogP contribution in [0.3, 0.4) is 0 Å². The first-order valence-corrected chi connectivity index (χ1v) is 9.26. The summed E-state index contributed by atoms with van der Waals surface area (Å²) in [7, 11) is 4.57. The SMILES string of the molecule is COc1cc(C(=O)NNC2=CCC(c3ccccc3)CC2)cc(OC)c1OC. The Labute approximate surface area is 165 Å². The second kappa shape index (κ2) is 9.17. The summed E-state index contributed by atoms with van der Waals surface area (Å²) in [6.45, 7) is 0. The van der Waals surface area contributed by atoms with Crippen LogP contribution in [0.2, 0.25) is 0 Å². The fraction of sp³-hybridized carbons (Fsp3) is 0.318. The maximum absolute atomic E-state index is 12.6. The third-order valence-corrected chi connectivity index (χ3v) is 4.95. The van der Waals surface area contributed by atoms with E-state index in [-0.39, 0.29) is 5.91 Å². The molecule has 1 aliphatic rings. The van der Waals surface area contributed by atoms with Gasteiger partial charge in [0.25, 0.3) is 5.91 Å². The molecular weight excluding hydrogens is 356 g/mol. The molecule has 0 aliphatic heterocycles. The van der Waals surface area contributed by atoms with E-state index >= 15 is 0 Å². The van der Waals surface area contributed by atoms with Gasteiger partial charge in [0, 0.05) is 11.3 Å². The standard InChI is InChI=1S/C22H26N2O4/c1-26-19-13-17(14-20(27-2)21(19)28-3)22(25)24-23-18-11-9-16(10-12-18)15-7-5-4-6-8-15/h4-8,11,13-14,16,23H,9-10,12H2,1-3H3,(H,24,25). The van der Waals surface area contributed by atoms with Gasteiger partial charge in [-0.1, -0.05) is 36.4 Å². The summed E-state index contributed by atoms with van der Waals surface area (Å²) in [6, 6.07) is 13.8. The fourth-order valence-electron chi connectivity index (χ4n) is 3.40. The van der Waals surface area contributed by atoms with E-state index in [1.807, 2.05) is 6.07 Å². The summed E-state index contributed by atoms with van der Waals surface area (Å²) in [5.41, 5.74) is 8.60. The van der Waals surface area contributed by atoms with Gasteiger partial charge in [-0.3, -0.25) is 10.2 Å². The molecule has 2 N–H and O–H groups in total. The number of rotatable bonds is 7. The van der Waals surface area contributed by atoms with Gasteiger partial charge in [-0.25, -0.2) is 0 Å². The lowest BCUT2D eigenvalue weighted by atomic mass is 9.87. The number of allylic oxidation sites excluding steroid dienone is 2. The molecule has 0 bridgehead atoms. The summed E-state index contributed by atoms with van der Waals surface area (Å²) in [5, 5.41) is 0. The van der Waals surface area contributed by atoms with Gasteiger partial charge in [-0.2, -0.15) is 0 Å². The van der Waals surface area contributed by atoms with Crippen molar-refractivity contribution in [3.8, 4) is 17.2 Å². The zero-order chi connectivity index (χ0) is 19.9. The topological polar surface area (TPSA) is 68.8 Å². The van der Waals surface area contributed by atoms with Crippen molar-refractivity contribution in [1.29, 1.82) is 0 Å². The molecule has 1 amide bonds. The molecule has 6 heteroatoms. The van der Waals surface area contributed by atoms with Crippen molar-refractivity contribution in [2.24, 2.45) is 0 Å². The molecule has 0 fully saturated rings. The molecule has 0 spiro atoms. The van der Waals surface area contributed by atoms with Crippen LogP contribution in [0.5, 0.6) is 17.2 Å². The second-order valence-electron chi connectivity index (χ2n) is 6.60. The lowest BCUT2D eigenvalue weighted by Gasteiger charge is -2.23. The number of nitrogens with one attached hydrogen (secondary N) is 2. The smallest absolute Gasteiger partial charge is 0.269 e. The highest BCUT2D eigenvalue weighted by molar-refractivity contribution is 5.95. The summed E-state index contributed by atoms with van der Waals surface area (Å²) < 4.78 is 15.9. The molecule has 0 heterocycles. The third-order valence-electron chi connectivity index (χ3n) is 4.95. The van der Waals surface area contributed by atoms with Crippen LogP contribution in [-0.2, 0) is 0 Å². The number of methoxy groups -OCH3 is 3. The Balaban J connectivity index is 1.62. The Morgan fingerprint density at radius 3 is 2.21 bits per heavy atom. The van der Waals surface area contributed by atoms with E-state index in [2.05, 4.69) is 41.2 Å². The largest absolute Gasteiger partial charge is 0.493 e. The molecule has 148 valence electrons. The minimum atomic E-state index is -0.273. The van der Waals surface area contributed by atoms with Gasteiger partial charge in [0.2, 0.25) is 5.75 Å². The van der Waals surface area contributed by atoms with E-state index < -0.39 is 0 Å². The summed E-state index contributed by atoms with van der Waals surface area (Å²) >= 11 is 0. The number of benzene rings is 2. The molecule has 6 nitrogen and oxygen atoms in total. The van der Waals surface area contributed by atoms with Crippen molar-refractivity contribution < 1.29 is 19.0 Å². The average molecular weight is 382 g/mol. The highest BCUT2D eigenvalue weighted by Gasteiger charge is 2.19. The molecule has 1 aliphatic carbocycles. The van der Waals surface area contributed by atoms with Crippen LogP contribution in [0.4, 0.5) is 0 Å². The molecule has 3 rings (SSSR count). The molecule has 0 radical (unpaired) electrons. The molecule has 1 unspecified atom stereocenters. The van der Waals surface area contributed by atoms with Crippen LogP contribution in [0.1, 0.15) is 41.1 Å². The maximum Gasteiger partial charge on any atom is 0.269 e. The van der Waals surface area contributed by atoms with Crippen LogP contribution < -0.4 is 25.1 Å². The van der Waals surface area contributed by atoms with Gasteiger partial charge in [-0.05, 0) is 42.9 Å². The normalized spacial score (nSPS) is 16.0. The van der Waals surface area contributed by atoms with E-state index in [9.17, 15) is 4.79 Å². The number of carbonyl (C=O) groups is 1. The monoisotopic (exact) mass is 382 g/mol. The Morgan fingerprint density at radius 1 is 1.00 bits per heavy atom. The average Bonchev–Trinajstić information content (AvgIpc) is 2.77. The van der Waals surface area contributed by atoms with Crippen molar-refractivity contribution in [3.63, 3.8) is 0 Å². The minimum absolute atomic E-state index is 0.273. The van der Waals surface area contributed by atoms with Gasteiger partial charge in [-0.15, -0.1) is 0 Å². The molecule has 0 aromatic heterocycles. The van der Waals surface area contributed by atoms with Gasteiger partial charge in [0.05, 0.1) is 21.3 Å². The Morgan fingerprint density at radius 2 is 1.68 bits per heavy atom. The first kappa shape index (κ1) is 19.6. The van der Waals surface area contributed by atoms with Crippen molar-refractivity contribution in [2.75, 3.05) is 21.3 Å². The fourth-order valence-corrected chi connectivity index (χ4v) is 3.40. The lowest BCUT2D eigenvalue weighted by molar-refractivity contribution is 0.0937. The van der Waals surface area contributed by atoms with Gasteiger partial charge >= 0.3 is 0 Å². The first-order chi connectivity index (χ1) is 13.7. The second-order valence-corrected chi connectivity index (χ2v) is 6.60. The number of hydrogen-bond acceptors (Lipinski definition) is 5. The molecule has 0 saturated heterocycles. The molecule has 28 heavy (non-hydrogen) atoms. The van der Waals surface area contributed by atoms with Crippen LogP contribution in [0.15, 0.2) is 54.2 Å². The Hall–Kier alpha value is -3.15. The number of hydrazine groups is 1. The van der Waals surface area contributed by atoms with E-state index in [1.54, 1.807) is 12.1 Å². The number of carbonyl (C=O) groups excluding carboxylic acids is 1. The Kier molecular flexibility index (Phi) is 6.42. The Bertz CT molecular complexity index is 824. The lowest BCUT2D eigenvalue weighted by Crippen LogP contribution is -2.37. The van der Waals surface area contributed by atoms with Gasteiger partial charge in [0.15, 0.2) is 11.5 Å². The molecule has 1 atom stereocenters. The highest BCUT2D eigenvalue weighted by atomic mass is 16.5. The van der Waals surface area contributed by atoms with E-state index in [4.69, 9.17) is 14.2 Å². The van der Waals surface area contributed by atoms with Crippen molar-refractivity contribution in [2.45, 2.75) is 25.2 Å². The zero-order valence-corrected chi connectivity index (χ0v) is 16.5. The molecular formula is C22H26N2O4. The molecule has 2 aromatic carbocycles. The van der Waals surface area contributed by atoms with Crippen LogP contribution in [0.25, 0.3) is 0 Å². The van der Waals surface area contributed by atoms with Crippen LogP contribution in [-0.4, -0.2) is 27.2 Å². The van der Waals surface area contributed by atoms with Crippen LogP contribution >= 0.6 is 0 Å². The quantitative estimate of drug-likeness (QED) is 0.713. The van der Waals surface area contributed by atoms with Crippen LogP contribution in [0, 0.1) is 0 Å². The third kappa shape index (κ3) is 4.39. The number of ether oxygens (including phenoxy) is 3. The molecule has 0 saturated carbocycles. The summed E-state index contributed by atoms with van der Waals surface area (Å²) in [6.07, 6.45) is 5.03. The zero-order valence-electron chi connectivity index (χ0n) is 16.5. The van der Waals surface area contributed by atoms with Crippen molar-refractivity contribution >= 4 is 5.91 Å². The predicted molar refractivity (Wildman–Crippen MR) is 108 cm³/mol. The predicted octanol–water partition coefficient (Wildman–Crippen LogP) is 3.80. The van der Waals surface area contributed by atoms with Crippen molar-refractivity contribution in [1.82, 2.24) is 10.9 Å². The summed E-state index contributed by atoms with van der Waals surface area (Å²) in [4.78, 5) is 12.6. The first-order valence-electron chi connectivity index (χ1n) is 9.26. The highest BCUT2D eigenvalue weighted by Crippen LogP contribution is 2.38. The maximum atomic E-state index is 12.6. The summed E-state index contributed by atoms with van der Waals surface area (Å²) in [5.74, 6) is 1.59. The number of hydrogen-bond donors (Lipinski definition) is 2. The van der Waals surface area contributed by atoms with E-state index in [0.717, 1.165) is 25.0 Å². The van der Waals surface area contributed by atoms with Crippen molar-refractivity contribution in [3.05, 3.63) is 65.4 Å². The van der Waals surface area contributed by atoms with E-state index in [1.165, 1.54) is 26.9 Å². The van der Waals surface area contributed by atoms with E-state index in [0.29, 0.717) is 28.7 Å². The minimum Gasteiger partial charge on any atom is -0.493 e.